The zero-order chi connectivity index (χ0) is 18.4. The van der Waals surface area contributed by atoms with E-state index in [4.69, 9.17) is 0 Å². The number of hydrogen-bond donors (Lipinski definition) is 2. The normalized spacial score (nSPS) is 10.5. The summed E-state index contributed by atoms with van der Waals surface area (Å²) in [6, 6.07) is 12.0. The van der Waals surface area contributed by atoms with Crippen molar-refractivity contribution >= 4 is 28.3 Å². The van der Waals surface area contributed by atoms with E-state index in [1.165, 1.54) is 16.9 Å². The van der Waals surface area contributed by atoms with Gasteiger partial charge < -0.3 is 10.6 Å². The van der Waals surface area contributed by atoms with Crippen LogP contribution < -0.4 is 10.6 Å². The number of carbonyl (C=O) groups is 1. The van der Waals surface area contributed by atoms with E-state index in [1.807, 2.05) is 43.5 Å². The number of amides is 1. The summed E-state index contributed by atoms with van der Waals surface area (Å²) in [5.41, 5.74) is 3.74. The number of aromatic nitrogens is 3. The maximum absolute atomic E-state index is 12.1. The van der Waals surface area contributed by atoms with Gasteiger partial charge in [-0.25, -0.2) is 15.0 Å². The maximum atomic E-state index is 12.1. The molecule has 1 amide bonds. The van der Waals surface area contributed by atoms with Gasteiger partial charge in [-0.05, 0) is 31.9 Å². The first-order valence-electron chi connectivity index (χ1n) is 8.43. The smallest absolute Gasteiger partial charge is 0.229 e. The van der Waals surface area contributed by atoms with Gasteiger partial charge in [-0.1, -0.05) is 30.3 Å². The Hall–Kier alpha value is -2.80. The van der Waals surface area contributed by atoms with Gasteiger partial charge in [0, 0.05) is 23.3 Å². The lowest BCUT2D eigenvalue weighted by Gasteiger charge is -2.04. The minimum Gasteiger partial charge on any atom is -0.355 e. The van der Waals surface area contributed by atoms with Crippen LogP contribution in [0.5, 0.6) is 0 Å². The Labute approximate surface area is 156 Å². The lowest BCUT2D eigenvalue weighted by molar-refractivity contribution is -0.120. The van der Waals surface area contributed by atoms with Crippen molar-refractivity contribution in [3.63, 3.8) is 0 Å². The molecule has 2 heterocycles. The predicted molar refractivity (Wildman–Crippen MR) is 104 cm³/mol. The lowest BCUT2D eigenvalue weighted by Crippen LogP contribution is -2.27. The molecule has 7 heteroatoms. The van der Waals surface area contributed by atoms with Crippen molar-refractivity contribution in [2.24, 2.45) is 0 Å². The average molecular weight is 367 g/mol. The van der Waals surface area contributed by atoms with E-state index in [0.717, 1.165) is 23.5 Å². The lowest BCUT2D eigenvalue weighted by atomic mass is 10.1. The second kappa shape index (κ2) is 8.53. The highest BCUT2D eigenvalue weighted by Crippen LogP contribution is 2.19. The van der Waals surface area contributed by atoms with Crippen molar-refractivity contribution < 1.29 is 4.79 Å². The summed E-state index contributed by atoms with van der Waals surface area (Å²) < 4.78 is 0. The van der Waals surface area contributed by atoms with Gasteiger partial charge >= 0.3 is 0 Å². The Balaban J connectivity index is 1.49. The summed E-state index contributed by atoms with van der Waals surface area (Å²) >= 11 is 1.44. The molecule has 2 N–H and O–H groups in total. The van der Waals surface area contributed by atoms with Crippen LogP contribution in [0.1, 0.15) is 22.6 Å². The molecule has 2 aromatic heterocycles. The van der Waals surface area contributed by atoms with Crippen LogP contribution in [0.3, 0.4) is 0 Å². The molecule has 0 spiro atoms. The van der Waals surface area contributed by atoms with Crippen molar-refractivity contribution in [1.29, 1.82) is 0 Å². The molecule has 0 aliphatic rings. The van der Waals surface area contributed by atoms with Crippen molar-refractivity contribution in [3.05, 3.63) is 64.4 Å². The van der Waals surface area contributed by atoms with Gasteiger partial charge in [-0.3, -0.25) is 4.79 Å². The first-order valence-corrected chi connectivity index (χ1v) is 9.31. The van der Waals surface area contributed by atoms with E-state index < -0.39 is 0 Å². The highest BCUT2D eigenvalue weighted by atomic mass is 32.1. The summed E-state index contributed by atoms with van der Waals surface area (Å²) in [5, 5.41) is 8.59. The molecular weight excluding hydrogens is 346 g/mol. The molecule has 1 aromatic carbocycles. The second-order valence-corrected chi connectivity index (χ2v) is 6.86. The van der Waals surface area contributed by atoms with Crippen molar-refractivity contribution in [2.45, 2.75) is 26.7 Å². The van der Waals surface area contributed by atoms with E-state index in [2.05, 4.69) is 37.7 Å². The third kappa shape index (κ3) is 5.35. The van der Waals surface area contributed by atoms with E-state index in [-0.39, 0.29) is 12.3 Å². The number of aryl methyl sites for hydroxylation is 2. The van der Waals surface area contributed by atoms with Crippen LogP contribution in [0.2, 0.25) is 0 Å². The molecule has 0 saturated carbocycles. The maximum Gasteiger partial charge on any atom is 0.229 e. The van der Waals surface area contributed by atoms with Crippen molar-refractivity contribution in [1.82, 2.24) is 20.3 Å². The molecule has 0 aliphatic carbocycles. The minimum absolute atomic E-state index is 0.0274. The fourth-order valence-electron chi connectivity index (χ4n) is 2.54. The average Bonchev–Trinajstić information content (AvgIpc) is 3.01. The number of nitrogens with zero attached hydrogens (tertiary/aromatic N) is 3. The molecule has 0 aliphatic heterocycles. The first kappa shape index (κ1) is 18.0. The third-order valence-corrected chi connectivity index (χ3v) is 4.48. The number of carbonyl (C=O) groups excluding carboxylic acids is 1. The summed E-state index contributed by atoms with van der Waals surface area (Å²) in [6.45, 7) is 4.47. The van der Waals surface area contributed by atoms with Gasteiger partial charge in [0.2, 0.25) is 11.9 Å². The quantitative estimate of drug-likeness (QED) is 0.670. The Morgan fingerprint density at radius 1 is 1.08 bits per heavy atom. The van der Waals surface area contributed by atoms with E-state index in [0.29, 0.717) is 17.6 Å². The summed E-state index contributed by atoms with van der Waals surface area (Å²) in [7, 11) is 0. The summed E-state index contributed by atoms with van der Waals surface area (Å²) in [4.78, 5) is 25.2. The van der Waals surface area contributed by atoms with E-state index in [9.17, 15) is 4.79 Å². The number of benzene rings is 1. The van der Waals surface area contributed by atoms with Crippen molar-refractivity contribution in [3.8, 4) is 0 Å². The Kier molecular flexibility index (Phi) is 5.91. The van der Waals surface area contributed by atoms with Crippen LogP contribution in [0.15, 0.2) is 41.8 Å². The number of rotatable bonds is 7. The predicted octanol–water partition coefficient (Wildman–Crippen LogP) is 3.19. The monoisotopic (exact) mass is 367 g/mol. The number of thiazole rings is 1. The molecule has 0 atom stereocenters. The molecule has 0 unspecified atom stereocenters. The highest BCUT2D eigenvalue weighted by Gasteiger charge is 2.09. The highest BCUT2D eigenvalue weighted by molar-refractivity contribution is 7.13. The van der Waals surface area contributed by atoms with Gasteiger partial charge in [0.15, 0.2) is 5.13 Å². The molecule has 3 rings (SSSR count). The molecule has 26 heavy (non-hydrogen) atoms. The SMILES string of the molecule is Cc1cc(C)nc(Nc2nc(CC(=O)NCCc3ccccc3)cs2)n1. The molecule has 3 aromatic rings. The van der Waals surface area contributed by atoms with Gasteiger partial charge in [0.25, 0.3) is 0 Å². The summed E-state index contributed by atoms with van der Waals surface area (Å²) in [6.07, 6.45) is 1.08. The van der Waals surface area contributed by atoms with E-state index in [1.54, 1.807) is 0 Å². The molecular formula is C19H21N5OS. The van der Waals surface area contributed by atoms with Crippen LogP contribution in [0.4, 0.5) is 11.1 Å². The molecule has 134 valence electrons. The Morgan fingerprint density at radius 2 is 1.81 bits per heavy atom. The van der Waals surface area contributed by atoms with Gasteiger partial charge in [-0.15, -0.1) is 11.3 Å². The fraction of sp³-hybridized carbons (Fsp3) is 0.263. The Morgan fingerprint density at radius 3 is 2.54 bits per heavy atom. The van der Waals surface area contributed by atoms with Crippen LogP contribution in [-0.2, 0) is 17.6 Å². The van der Waals surface area contributed by atoms with Crippen LogP contribution in [0, 0.1) is 13.8 Å². The largest absolute Gasteiger partial charge is 0.355 e. The number of hydrogen-bond acceptors (Lipinski definition) is 6. The van der Waals surface area contributed by atoms with Crippen LogP contribution in [-0.4, -0.2) is 27.4 Å². The fourth-order valence-corrected chi connectivity index (χ4v) is 3.24. The molecule has 0 saturated heterocycles. The molecule has 6 nitrogen and oxygen atoms in total. The zero-order valence-corrected chi connectivity index (χ0v) is 15.6. The van der Waals surface area contributed by atoms with Gasteiger partial charge in [0.05, 0.1) is 12.1 Å². The minimum atomic E-state index is -0.0274. The van der Waals surface area contributed by atoms with Gasteiger partial charge in [0.1, 0.15) is 0 Å². The number of nitrogens with one attached hydrogen (secondary N) is 2. The first-order chi connectivity index (χ1) is 12.6. The molecule has 0 radical (unpaired) electrons. The second-order valence-electron chi connectivity index (χ2n) is 6.01. The third-order valence-electron chi connectivity index (χ3n) is 3.67. The topological polar surface area (TPSA) is 79.8 Å². The van der Waals surface area contributed by atoms with Crippen molar-refractivity contribution in [2.75, 3.05) is 11.9 Å². The van der Waals surface area contributed by atoms with Crippen LogP contribution >= 0.6 is 11.3 Å². The van der Waals surface area contributed by atoms with E-state index >= 15 is 0 Å². The zero-order valence-electron chi connectivity index (χ0n) is 14.8. The summed E-state index contributed by atoms with van der Waals surface area (Å²) in [5.74, 6) is 0.496. The molecule has 0 fully saturated rings. The molecule has 0 bridgehead atoms. The standard InChI is InChI=1S/C19H21N5OS/c1-13-10-14(2)22-18(21-13)24-19-23-16(12-26-19)11-17(25)20-9-8-15-6-4-3-5-7-15/h3-7,10,12H,8-9,11H2,1-2H3,(H,20,25)(H,21,22,23,24). The van der Waals surface area contributed by atoms with Gasteiger partial charge in [-0.2, -0.15) is 0 Å². The number of anilines is 2. The van der Waals surface area contributed by atoms with Crippen LogP contribution in [0.25, 0.3) is 0 Å². The Bertz CT molecular complexity index is 858.